The maximum absolute atomic E-state index is 14.3. The molecule has 32 heavy (non-hydrogen) atoms. The highest BCUT2D eigenvalue weighted by Crippen LogP contribution is 2.35. The molecule has 1 aromatic carbocycles. The molecule has 1 heterocycles. The predicted molar refractivity (Wildman–Crippen MR) is 118 cm³/mol. The second-order valence-electron chi connectivity index (χ2n) is 7.86. The molecule has 0 atom stereocenters. The second-order valence-corrected chi connectivity index (χ2v) is 8.88. The maximum Gasteiger partial charge on any atom is 0.349 e. The van der Waals surface area contributed by atoms with Gasteiger partial charge in [-0.3, -0.25) is 5.32 Å². The first kappa shape index (κ1) is 25.3. The molecule has 0 saturated carbocycles. The van der Waals surface area contributed by atoms with Crippen molar-refractivity contribution in [2.24, 2.45) is 0 Å². The third kappa shape index (κ3) is 6.49. The van der Waals surface area contributed by atoms with Crippen LogP contribution in [0.25, 0.3) is 0 Å². The molecule has 2 rings (SSSR count). The number of carbonyl (C=O) groups is 3. The number of benzene rings is 1. The van der Waals surface area contributed by atoms with Crippen LogP contribution in [0.2, 0.25) is 0 Å². The Bertz CT molecular complexity index is 984. The lowest BCUT2D eigenvalue weighted by Crippen LogP contribution is -2.37. The Morgan fingerprint density at radius 2 is 1.69 bits per heavy atom. The molecule has 10 heteroatoms. The average molecular weight is 469 g/mol. The van der Waals surface area contributed by atoms with Gasteiger partial charge in [0, 0.05) is 5.56 Å². The zero-order chi connectivity index (χ0) is 24.1. The number of hydrogen-bond acceptors (Lipinski definition) is 6. The Morgan fingerprint density at radius 1 is 1.06 bits per heavy atom. The van der Waals surface area contributed by atoms with Gasteiger partial charge in [-0.1, -0.05) is 30.3 Å². The van der Waals surface area contributed by atoms with Crippen molar-refractivity contribution in [3.8, 4) is 0 Å². The first-order valence-electron chi connectivity index (χ1n) is 9.87. The van der Waals surface area contributed by atoms with Gasteiger partial charge in [0.2, 0.25) is 0 Å². The molecular formula is C22H26F2N2O5S. The van der Waals surface area contributed by atoms with Crippen molar-refractivity contribution in [1.29, 1.82) is 0 Å². The molecule has 0 fully saturated rings. The predicted octanol–water partition coefficient (Wildman–Crippen LogP) is 5.10. The average Bonchev–Trinajstić information content (AvgIpc) is 3.02. The fraction of sp³-hybridized carbons (Fsp3) is 0.409. The number of carbonyl (C=O) groups excluding carboxylic acids is 3. The number of nitrogens with one attached hydrogen (secondary N) is 2. The van der Waals surface area contributed by atoms with Crippen LogP contribution in [0.5, 0.6) is 0 Å². The molecule has 0 bridgehead atoms. The summed E-state index contributed by atoms with van der Waals surface area (Å²) in [6, 6.07) is 6.12. The number of ether oxygens (including phenoxy) is 2. The Morgan fingerprint density at radius 3 is 2.25 bits per heavy atom. The van der Waals surface area contributed by atoms with E-state index in [0.717, 1.165) is 11.3 Å². The van der Waals surface area contributed by atoms with Gasteiger partial charge >= 0.3 is 18.0 Å². The molecule has 0 aliphatic rings. The van der Waals surface area contributed by atoms with Gasteiger partial charge in [-0.2, -0.15) is 8.78 Å². The number of hydrogen-bond donors (Lipinski definition) is 2. The lowest BCUT2D eigenvalue weighted by atomic mass is 10.1. The van der Waals surface area contributed by atoms with Crippen molar-refractivity contribution < 1.29 is 32.6 Å². The van der Waals surface area contributed by atoms with Gasteiger partial charge in [0.1, 0.15) is 15.5 Å². The minimum atomic E-state index is -3.30. The number of anilines is 1. The van der Waals surface area contributed by atoms with E-state index in [9.17, 15) is 23.2 Å². The normalized spacial score (nSPS) is 11.6. The van der Waals surface area contributed by atoms with Crippen molar-refractivity contribution in [3.05, 3.63) is 51.9 Å². The second kappa shape index (κ2) is 10.1. The van der Waals surface area contributed by atoms with Crippen LogP contribution in [0.1, 0.15) is 58.9 Å². The van der Waals surface area contributed by atoms with E-state index in [0.29, 0.717) is 0 Å². The number of urea groups is 1. The Kier molecular flexibility index (Phi) is 7.95. The highest BCUT2D eigenvalue weighted by molar-refractivity contribution is 7.18. The van der Waals surface area contributed by atoms with Crippen LogP contribution in [0.4, 0.5) is 18.6 Å². The lowest BCUT2D eigenvalue weighted by molar-refractivity contribution is -0.000159. The molecule has 0 radical (unpaired) electrons. The van der Waals surface area contributed by atoms with Gasteiger partial charge in [0.25, 0.3) is 5.92 Å². The molecule has 0 aliphatic carbocycles. The first-order valence-corrected chi connectivity index (χ1v) is 10.7. The minimum absolute atomic E-state index is 0.00216. The maximum atomic E-state index is 14.3. The zero-order valence-corrected chi connectivity index (χ0v) is 19.3. The Labute approximate surface area is 189 Å². The summed E-state index contributed by atoms with van der Waals surface area (Å²) in [4.78, 5) is 37.4. The Hall–Kier alpha value is -3.01. The standard InChI is InChI=1S/C22H26F2N2O5S/c1-6-30-18(27)15-13(2)16(19(28)31-21(3,4)5)32-17(15)26-20(29)25-12-22(23,24)14-10-8-7-9-11-14/h7-11H,6,12H2,1-5H3,(H2,25,26,29). The van der Waals surface area contributed by atoms with Crippen molar-refractivity contribution in [3.63, 3.8) is 0 Å². The van der Waals surface area contributed by atoms with E-state index in [1.165, 1.54) is 31.2 Å². The number of halogens is 2. The molecule has 2 amide bonds. The quantitative estimate of drug-likeness (QED) is 0.552. The number of amides is 2. The monoisotopic (exact) mass is 468 g/mol. The SMILES string of the molecule is CCOC(=O)c1c(NC(=O)NCC(F)(F)c2ccccc2)sc(C(=O)OC(C)(C)C)c1C. The third-order valence-corrected chi connectivity index (χ3v) is 5.29. The Balaban J connectivity index is 2.23. The van der Waals surface area contributed by atoms with Crippen molar-refractivity contribution in [2.45, 2.75) is 46.1 Å². The lowest BCUT2D eigenvalue weighted by Gasteiger charge is -2.19. The van der Waals surface area contributed by atoms with Crippen LogP contribution in [0.3, 0.4) is 0 Å². The zero-order valence-electron chi connectivity index (χ0n) is 18.5. The number of rotatable bonds is 7. The first-order chi connectivity index (χ1) is 14.9. The number of alkyl halides is 2. The highest BCUT2D eigenvalue weighted by atomic mass is 32.1. The van der Waals surface area contributed by atoms with E-state index in [2.05, 4.69) is 10.6 Å². The minimum Gasteiger partial charge on any atom is -0.462 e. The number of thiophene rings is 1. The summed E-state index contributed by atoms with van der Waals surface area (Å²) in [7, 11) is 0. The summed E-state index contributed by atoms with van der Waals surface area (Å²) < 4.78 is 39.0. The summed E-state index contributed by atoms with van der Waals surface area (Å²) in [5, 5.41) is 4.48. The van der Waals surface area contributed by atoms with E-state index in [-0.39, 0.29) is 33.2 Å². The fourth-order valence-corrected chi connectivity index (χ4v) is 3.76. The summed E-state index contributed by atoms with van der Waals surface area (Å²) in [5.74, 6) is -4.72. The molecule has 0 saturated heterocycles. The molecular weight excluding hydrogens is 442 g/mol. The van der Waals surface area contributed by atoms with Gasteiger partial charge in [0.15, 0.2) is 0 Å². The molecule has 0 unspecified atom stereocenters. The van der Waals surface area contributed by atoms with Crippen molar-refractivity contribution in [2.75, 3.05) is 18.5 Å². The smallest absolute Gasteiger partial charge is 0.349 e. The van der Waals surface area contributed by atoms with Crippen LogP contribution in [0.15, 0.2) is 30.3 Å². The van der Waals surface area contributed by atoms with Crippen LogP contribution in [-0.4, -0.2) is 36.7 Å². The van der Waals surface area contributed by atoms with E-state index < -0.39 is 36.0 Å². The van der Waals surface area contributed by atoms with Gasteiger partial charge < -0.3 is 14.8 Å². The summed E-state index contributed by atoms with van der Waals surface area (Å²) >= 11 is 0.812. The van der Waals surface area contributed by atoms with Crippen molar-refractivity contribution >= 4 is 34.3 Å². The summed E-state index contributed by atoms with van der Waals surface area (Å²) in [6.07, 6.45) is 0. The van der Waals surface area contributed by atoms with Crippen LogP contribution < -0.4 is 10.6 Å². The van der Waals surface area contributed by atoms with Crippen molar-refractivity contribution in [1.82, 2.24) is 5.32 Å². The summed E-state index contributed by atoms with van der Waals surface area (Å²) in [5.41, 5.74) is -0.770. The van der Waals surface area contributed by atoms with Gasteiger partial charge in [-0.15, -0.1) is 11.3 Å². The highest BCUT2D eigenvalue weighted by Gasteiger charge is 2.33. The molecule has 1 aromatic heterocycles. The van der Waals surface area contributed by atoms with Crippen LogP contribution in [0, 0.1) is 6.92 Å². The van der Waals surface area contributed by atoms with Gasteiger partial charge in [0.05, 0.1) is 18.7 Å². The van der Waals surface area contributed by atoms with E-state index in [4.69, 9.17) is 9.47 Å². The van der Waals surface area contributed by atoms with E-state index >= 15 is 0 Å². The molecule has 0 aliphatic heterocycles. The fourth-order valence-electron chi connectivity index (χ4n) is 2.69. The molecule has 2 N–H and O–H groups in total. The molecule has 7 nitrogen and oxygen atoms in total. The molecule has 174 valence electrons. The number of esters is 2. The largest absolute Gasteiger partial charge is 0.462 e. The van der Waals surface area contributed by atoms with E-state index in [1.807, 2.05) is 0 Å². The van der Waals surface area contributed by atoms with Gasteiger partial charge in [-0.05, 0) is 40.2 Å². The topological polar surface area (TPSA) is 93.7 Å². The summed E-state index contributed by atoms with van der Waals surface area (Å²) in [6.45, 7) is 7.33. The molecule has 0 spiro atoms. The van der Waals surface area contributed by atoms with Gasteiger partial charge in [-0.25, -0.2) is 14.4 Å². The van der Waals surface area contributed by atoms with Crippen LogP contribution in [-0.2, 0) is 15.4 Å². The van der Waals surface area contributed by atoms with Crippen LogP contribution >= 0.6 is 11.3 Å². The molecule has 2 aromatic rings. The van der Waals surface area contributed by atoms with E-state index in [1.54, 1.807) is 33.8 Å². The third-order valence-electron chi connectivity index (χ3n) is 4.10.